The number of fused-ring (bicyclic) bond motifs is 2. The zero-order valence-electron chi connectivity index (χ0n) is 15.3. The number of sulfone groups is 1. The average Bonchev–Trinajstić information content (AvgIpc) is 2.71. The molecule has 2 aromatic heterocycles. The number of methoxy groups -OCH3 is 2. The number of ether oxygens (including phenoxy) is 2. The van der Waals surface area contributed by atoms with E-state index in [1.807, 2.05) is 0 Å². The molecule has 0 amide bonds. The van der Waals surface area contributed by atoms with Crippen molar-refractivity contribution in [3.63, 3.8) is 0 Å². The molecule has 0 unspecified atom stereocenters. The molecule has 2 heterocycles. The zero-order chi connectivity index (χ0) is 20.8. The molecule has 2 aromatic carbocycles. The first-order valence-corrected chi connectivity index (χ1v) is 11.4. The lowest BCUT2D eigenvalue weighted by Gasteiger charge is -2.07. The maximum absolute atomic E-state index is 13.2. The van der Waals surface area contributed by atoms with Crippen LogP contribution in [-0.4, -0.2) is 22.6 Å². The molecule has 148 valence electrons. The molecule has 0 aliphatic carbocycles. The summed E-state index contributed by atoms with van der Waals surface area (Å²) in [5.74, 6) is 1.13. The predicted molar refractivity (Wildman–Crippen MR) is 115 cm³/mol. The van der Waals surface area contributed by atoms with Crippen LogP contribution in [0.1, 0.15) is 0 Å². The summed E-state index contributed by atoms with van der Waals surface area (Å²) >= 11 is 1.61. The predicted octanol–water partition coefficient (Wildman–Crippen LogP) is 3.69. The molecular weight excluding hydrogens is 432 g/mol. The van der Waals surface area contributed by atoms with Crippen LogP contribution in [0, 0.1) is 0 Å². The highest BCUT2D eigenvalue weighted by atomic mass is 32.2. The van der Waals surface area contributed by atoms with E-state index in [9.17, 15) is 18.0 Å². The van der Waals surface area contributed by atoms with Gasteiger partial charge in [-0.15, -0.1) is 0 Å². The molecule has 0 saturated heterocycles. The molecule has 0 aliphatic heterocycles. The van der Waals surface area contributed by atoms with Crippen molar-refractivity contribution in [3.8, 4) is 11.5 Å². The molecule has 0 N–H and O–H groups in total. The summed E-state index contributed by atoms with van der Waals surface area (Å²) in [6, 6.07) is 12.7. The first-order chi connectivity index (χ1) is 13.8. The van der Waals surface area contributed by atoms with E-state index in [0.717, 1.165) is 22.7 Å². The second-order valence-electron chi connectivity index (χ2n) is 6.11. The Morgan fingerprint density at radius 1 is 0.690 bits per heavy atom. The van der Waals surface area contributed by atoms with E-state index in [0.29, 0.717) is 31.7 Å². The van der Waals surface area contributed by atoms with Gasteiger partial charge in [-0.1, -0.05) is 22.7 Å². The van der Waals surface area contributed by atoms with Gasteiger partial charge in [0.25, 0.3) is 9.48 Å². The van der Waals surface area contributed by atoms with Gasteiger partial charge in [-0.2, -0.15) is 0 Å². The van der Waals surface area contributed by atoms with Gasteiger partial charge in [-0.3, -0.25) is 9.59 Å². The van der Waals surface area contributed by atoms with Gasteiger partial charge in [0.15, 0.2) is 0 Å². The molecule has 6 nitrogen and oxygen atoms in total. The second kappa shape index (κ2) is 7.25. The van der Waals surface area contributed by atoms with Crippen molar-refractivity contribution in [2.45, 2.75) is 9.79 Å². The summed E-state index contributed by atoms with van der Waals surface area (Å²) in [5.41, 5.74) is 0. The Kier molecular flexibility index (Phi) is 4.89. The molecule has 0 aliphatic rings. The summed E-state index contributed by atoms with van der Waals surface area (Å²) < 4.78 is 36.6. The van der Waals surface area contributed by atoms with Crippen molar-refractivity contribution >= 4 is 52.7 Å². The minimum absolute atomic E-state index is 0.405. The topological polar surface area (TPSA) is 86.7 Å². The zero-order valence-corrected chi connectivity index (χ0v) is 17.7. The van der Waals surface area contributed by atoms with Crippen LogP contribution < -0.4 is 19.0 Å². The van der Waals surface area contributed by atoms with Gasteiger partial charge < -0.3 is 9.47 Å². The molecule has 4 aromatic rings. The van der Waals surface area contributed by atoms with E-state index < -0.39 is 29.1 Å². The van der Waals surface area contributed by atoms with E-state index in [1.165, 1.54) is 26.4 Å². The smallest absolute Gasteiger partial charge is 0.251 e. The van der Waals surface area contributed by atoms with Crippen LogP contribution in [0.4, 0.5) is 0 Å². The van der Waals surface area contributed by atoms with Crippen LogP contribution in [0.25, 0.3) is 20.2 Å². The molecule has 0 fully saturated rings. The SMILES string of the molecule is COc1ccc2cc(S(=O)(=O)c3cc4ccc(OC)cc4sc3=O)c(=O)sc2c1. The molecular formula is C20H14O6S3. The van der Waals surface area contributed by atoms with E-state index in [-0.39, 0.29) is 0 Å². The molecule has 29 heavy (non-hydrogen) atoms. The normalized spacial score (nSPS) is 11.7. The summed E-state index contributed by atoms with van der Waals surface area (Å²) in [6.07, 6.45) is 0. The third kappa shape index (κ3) is 3.41. The van der Waals surface area contributed by atoms with Crippen LogP contribution in [0.15, 0.2) is 67.9 Å². The molecule has 9 heteroatoms. The maximum Gasteiger partial charge on any atom is 0.251 e. The monoisotopic (exact) mass is 446 g/mol. The van der Waals surface area contributed by atoms with Gasteiger partial charge in [0.05, 0.1) is 14.2 Å². The highest BCUT2D eigenvalue weighted by Gasteiger charge is 2.26. The Morgan fingerprint density at radius 2 is 1.10 bits per heavy atom. The molecule has 0 radical (unpaired) electrons. The van der Waals surface area contributed by atoms with Crippen LogP contribution in [-0.2, 0) is 9.84 Å². The summed E-state index contributed by atoms with van der Waals surface area (Å²) in [4.78, 5) is 24.4. The average molecular weight is 447 g/mol. The van der Waals surface area contributed by atoms with E-state index in [1.54, 1.807) is 36.4 Å². The standard InChI is InChI=1S/C20H14O6S3/c1-25-13-5-3-11-7-17(19(21)27-15(11)9-13)29(23,24)18-8-12-4-6-14(26-2)10-16(12)28-20(18)22/h3-10H,1-2H3. The van der Waals surface area contributed by atoms with Gasteiger partial charge in [-0.25, -0.2) is 8.42 Å². The maximum atomic E-state index is 13.2. The number of hydrogen-bond acceptors (Lipinski definition) is 8. The first kappa shape index (κ1) is 19.6. The fraction of sp³-hybridized carbons (Fsp3) is 0.100. The molecule has 0 saturated carbocycles. The van der Waals surface area contributed by atoms with Gasteiger partial charge in [0, 0.05) is 9.40 Å². The van der Waals surface area contributed by atoms with Crippen molar-refractivity contribution in [1.82, 2.24) is 0 Å². The fourth-order valence-electron chi connectivity index (χ4n) is 2.89. The van der Waals surface area contributed by atoms with Gasteiger partial charge in [0.1, 0.15) is 21.3 Å². The van der Waals surface area contributed by atoms with E-state index in [4.69, 9.17) is 9.47 Å². The van der Waals surface area contributed by atoms with Crippen LogP contribution >= 0.6 is 22.7 Å². The minimum Gasteiger partial charge on any atom is -0.497 e. The van der Waals surface area contributed by atoms with Crippen molar-refractivity contribution < 1.29 is 17.9 Å². The summed E-state index contributed by atoms with van der Waals surface area (Å²) in [5, 5.41) is 1.16. The minimum atomic E-state index is -4.28. The second-order valence-corrected chi connectivity index (χ2v) is 10.0. The quantitative estimate of drug-likeness (QED) is 0.475. The highest BCUT2D eigenvalue weighted by Crippen LogP contribution is 2.29. The lowest BCUT2D eigenvalue weighted by atomic mass is 10.2. The highest BCUT2D eigenvalue weighted by molar-refractivity contribution is 7.91. The number of benzene rings is 2. The molecule has 4 rings (SSSR count). The number of hydrogen-bond donors (Lipinski definition) is 0. The van der Waals surface area contributed by atoms with Crippen molar-refractivity contribution in [1.29, 1.82) is 0 Å². The molecule has 0 bridgehead atoms. The summed E-state index contributed by atoms with van der Waals surface area (Å²) in [7, 11) is -1.26. The van der Waals surface area contributed by atoms with Crippen molar-refractivity contribution in [3.05, 3.63) is 67.6 Å². The van der Waals surface area contributed by atoms with Gasteiger partial charge >= 0.3 is 0 Å². The first-order valence-electron chi connectivity index (χ1n) is 8.32. The van der Waals surface area contributed by atoms with Crippen LogP contribution in [0.2, 0.25) is 0 Å². The van der Waals surface area contributed by atoms with Gasteiger partial charge in [-0.05, 0) is 59.3 Å². The number of rotatable bonds is 4. The van der Waals surface area contributed by atoms with Gasteiger partial charge in [0.2, 0.25) is 9.84 Å². The molecule has 0 atom stereocenters. The van der Waals surface area contributed by atoms with Crippen LogP contribution in [0.5, 0.6) is 11.5 Å². The lowest BCUT2D eigenvalue weighted by molar-refractivity contribution is 0.415. The Morgan fingerprint density at radius 3 is 1.48 bits per heavy atom. The Hall–Kier alpha value is -2.75. The Labute approximate surface area is 173 Å². The Bertz CT molecular complexity index is 1370. The van der Waals surface area contributed by atoms with E-state index in [2.05, 4.69) is 0 Å². The van der Waals surface area contributed by atoms with Crippen molar-refractivity contribution in [2.24, 2.45) is 0 Å². The fourth-order valence-corrected chi connectivity index (χ4v) is 6.60. The third-order valence-corrected chi connectivity index (χ3v) is 8.38. The summed E-state index contributed by atoms with van der Waals surface area (Å²) in [6.45, 7) is 0. The van der Waals surface area contributed by atoms with Crippen molar-refractivity contribution in [2.75, 3.05) is 14.2 Å². The lowest BCUT2D eigenvalue weighted by Crippen LogP contribution is -2.18. The molecule has 0 spiro atoms. The van der Waals surface area contributed by atoms with Crippen LogP contribution in [0.3, 0.4) is 0 Å². The Balaban J connectivity index is 1.93. The van der Waals surface area contributed by atoms with E-state index >= 15 is 0 Å². The largest absolute Gasteiger partial charge is 0.497 e. The third-order valence-electron chi connectivity index (χ3n) is 4.40.